The smallest absolute Gasteiger partial charge is 0.0825 e. The topological polar surface area (TPSA) is 47.7 Å². The molecule has 1 N–H and O–H groups in total. The molecule has 0 unspecified atom stereocenters. The Labute approximate surface area is 101 Å². The van der Waals surface area contributed by atoms with Gasteiger partial charge in [-0.1, -0.05) is 6.92 Å². The van der Waals surface area contributed by atoms with Crippen LogP contribution in [0.4, 0.5) is 5.69 Å². The van der Waals surface area contributed by atoms with Crippen molar-refractivity contribution >= 4 is 5.69 Å². The fourth-order valence-electron chi connectivity index (χ4n) is 1.80. The van der Waals surface area contributed by atoms with Crippen molar-refractivity contribution in [1.29, 1.82) is 0 Å². The minimum Gasteiger partial charge on any atom is -0.377 e. The van der Waals surface area contributed by atoms with Gasteiger partial charge < -0.3 is 5.32 Å². The summed E-state index contributed by atoms with van der Waals surface area (Å²) in [6.45, 7) is 5.92. The second kappa shape index (κ2) is 5.03. The summed E-state index contributed by atoms with van der Waals surface area (Å²) in [5.74, 6) is 0. The molecule has 2 aromatic heterocycles. The number of aromatic nitrogens is 4. The van der Waals surface area contributed by atoms with E-state index in [0.717, 1.165) is 36.6 Å². The van der Waals surface area contributed by atoms with E-state index in [0.29, 0.717) is 0 Å². The molecular formula is C12H19N5. The average Bonchev–Trinajstić information content (AvgIpc) is 2.83. The maximum Gasteiger partial charge on any atom is 0.0825 e. The summed E-state index contributed by atoms with van der Waals surface area (Å²) < 4.78 is 3.86. The highest BCUT2D eigenvalue weighted by Crippen LogP contribution is 2.13. The Morgan fingerprint density at radius 3 is 2.88 bits per heavy atom. The number of nitrogens with one attached hydrogen (secondary N) is 1. The van der Waals surface area contributed by atoms with Crippen LogP contribution in [0.3, 0.4) is 0 Å². The van der Waals surface area contributed by atoms with Gasteiger partial charge in [-0.05, 0) is 19.4 Å². The Morgan fingerprint density at radius 1 is 1.41 bits per heavy atom. The molecule has 0 aromatic carbocycles. The highest BCUT2D eigenvalue weighted by atomic mass is 15.3. The van der Waals surface area contributed by atoms with Crippen LogP contribution in [0.2, 0.25) is 0 Å². The molecule has 17 heavy (non-hydrogen) atoms. The molecule has 0 aliphatic heterocycles. The van der Waals surface area contributed by atoms with Crippen molar-refractivity contribution in [3.63, 3.8) is 0 Å². The Hall–Kier alpha value is -1.78. The molecular weight excluding hydrogens is 214 g/mol. The Morgan fingerprint density at radius 2 is 2.24 bits per heavy atom. The van der Waals surface area contributed by atoms with Gasteiger partial charge in [0, 0.05) is 26.0 Å². The molecule has 0 aliphatic carbocycles. The van der Waals surface area contributed by atoms with Crippen LogP contribution < -0.4 is 5.32 Å². The molecule has 0 radical (unpaired) electrons. The van der Waals surface area contributed by atoms with Crippen LogP contribution >= 0.6 is 0 Å². The zero-order valence-corrected chi connectivity index (χ0v) is 10.6. The quantitative estimate of drug-likeness (QED) is 0.858. The second-order valence-corrected chi connectivity index (χ2v) is 4.19. The summed E-state index contributed by atoms with van der Waals surface area (Å²) >= 11 is 0. The van der Waals surface area contributed by atoms with Gasteiger partial charge in [-0.15, -0.1) is 0 Å². The average molecular weight is 233 g/mol. The normalized spacial score (nSPS) is 10.8. The molecule has 2 rings (SSSR count). The van der Waals surface area contributed by atoms with Crippen molar-refractivity contribution in [3.05, 3.63) is 29.8 Å². The zero-order chi connectivity index (χ0) is 12.3. The Bertz CT molecular complexity index is 483. The first-order valence-electron chi connectivity index (χ1n) is 5.95. The standard InChI is InChI=1S/C12H19N5/c1-4-7-17-9-12(10(2)15-17)13-8-11-5-6-14-16(11)3/h5-6,9,13H,4,7-8H2,1-3H3. The molecule has 5 nitrogen and oxygen atoms in total. The van der Waals surface area contributed by atoms with E-state index in [1.54, 1.807) is 0 Å². The molecule has 0 atom stereocenters. The minimum atomic E-state index is 0.773. The van der Waals surface area contributed by atoms with Gasteiger partial charge in [0.15, 0.2) is 0 Å². The van der Waals surface area contributed by atoms with Gasteiger partial charge in [0.05, 0.1) is 23.6 Å². The minimum absolute atomic E-state index is 0.773. The summed E-state index contributed by atoms with van der Waals surface area (Å²) in [6.07, 6.45) is 4.97. The molecule has 0 bridgehead atoms. The van der Waals surface area contributed by atoms with Crippen molar-refractivity contribution in [1.82, 2.24) is 19.6 Å². The zero-order valence-electron chi connectivity index (χ0n) is 10.6. The van der Waals surface area contributed by atoms with E-state index in [2.05, 4.69) is 28.6 Å². The van der Waals surface area contributed by atoms with Crippen molar-refractivity contribution < 1.29 is 0 Å². The van der Waals surface area contributed by atoms with E-state index < -0.39 is 0 Å². The lowest BCUT2D eigenvalue weighted by molar-refractivity contribution is 0.598. The molecule has 0 saturated carbocycles. The maximum atomic E-state index is 4.45. The van der Waals surface area contributed by atoms with Crippen LogP contribution in [0.15, 0.2) is 18.5 Å². The van der Waals surface area contributed by atoms with Crippen molar-refractivity contribution in [2.24, 2.45) is 7.05 Å². The fourth-order valence-corrected chi connectivity index (χ4v) is 1.80. The number of hydrogen-bond acceptors (Lipinski definition) is 3. The molecule has 92 valence electrons. The van der Waals surface area contributed by atoms with E-state index >= 15 is 0 Å². The lowest BCUT2D eigenvalue weighted by Gasteiger charge is -2.04. The lowest BCUT2D eigenvalue weighted by Crippen LogP contribution is -2.05. The highest BCUT2D eigenvalue weighted by Gasteiger charge is 2.05. The van der Waals surface area contributed by atoms with Crippen LogP contribution in [0.25, 0.3) is 0 Å². The maximum absolute atomic E-state index is 4.45. The van der Waals surface area contributed by atoms with Crippen LogP contribution in [-0.4, -0.2) is 19.6 Å². The van der Waals surface area contributed by atoms with Crippen LogP contribution in [0.5, 0.6) is 0 Å². The largest absolute Gasteiger partial charge is 0.377 e. The van der Waals surface area contributed by atoms with Gasteiger partial charge in [0.2, 0.25) is 0 Å². The number of nitrogens with zero attached hydrogens (tertiary/aromatic N) is 4. The third kappa shape index (κ3) is 2.67. The van der Waals surface area contributed by atoms with Gasteiger partial charge in [-0.25, -0.2) is 0 Å². The summed E-state index contributed by atoms with van der Waals surface area (Å²) in [5, 5.41) is 12.0. The number of aryl methyl sites for hydroxylation is 3. The van der Waals surface area contributed by atoms with Crippen LogP contribution in [0, 0.1) is 6.92 Å². The molecule has 0 fully saturated rings. The van der Waals surface area contributed by atoms with E-state index in [1.165, 1.54) is 0 Å². The first-order chi connectivity index (χ1) is 8.20. The molecule has 0 aliphatic rings. The highest BCUT2D eigenvalue weighted by molar-refractivity contribution is 5.45. The molecule has 0 amide bonds. The fraction of sp³-hybridized carbons (Fsp3) is 0.500. The van der Waals surface area contributed by atoms with Crippen molar-refractivity contribution in [2.45, 2.75) is 33.4 Å². The third-order valence-electron chi connectivity index (χ3n) is 2.78. The summed E-state index contributed by atoms with van der Waals surface area (Å²) in [6, 6.07) is 2.01. The van der Waals surface area contributed by atoms with E-state index in [9.17, 15) is 0 Å². The third-order valence-corrected chi connectivity index (χ3v) is 2.78. The van der Waals surface area contributed by atoms with Crippen LogP contribution in [-0.2, 0) is 20.1 Å². The first kappa shape index (κ1) is 11.7. The van der Waals surface area contributed by atoms with Gasteiger partial charge in [-0.2, -0.15) is 10.2 Å². The number of rotatable bonds is 5. The molecule has 0 spiro atoms. The molecule has 2 heterocycles. The van der Waals surface area contributed by atoms with Gasteiger partial charge in [-0.3, -0.25) is 9.36 Å². The molecule has 5 heteroatoms. The van der Waals surface area contributed by atoms with Crippen molar-refractivity contribution in [3.8, 4) is 0 Å². The van der Waals surface area contributed by atoms with E-state index in [4.69, 9.17) is 0 Å². The predicted molar refractivity (Wildman–Crippen MR) is 67.8 cm³/mol. The SMILES string of the molecule is CCCn1cc(NCc2ccnn2C)c(C)n1. The summed E-state index contributed by atoms with van der Waals surface area (Å²) in [7, 11) is 1.95. The van der Waals surface area contributed by atoms with E-state index in [-0.39, 0.29) is 0 Å². The van der Waals surface area contributed by atoms with Gasteiger partial charge in [0.25, 0.3) is 0 Å². The monoisotopic (exact) mass is 233 g/mol. The lowest BCUT2D eigenvalue weighted by atomic mass is 10.3. The number of hydrogen-bond donors (Lipinski definition) is 1. The molecule has 2 aromatic rings. The predicted octanol–water partition coefficient (Wildman–Crippen LogP) is 1.95. The van der Waals surface area contributed by atoms with Crippen LogP contribution in [0.1, 0.15) is 24.7 Å². The number of anilines is 1. The second-order valence-electron chi connectivity index (χ2n) is 4.19. The van der Waals surface area contributed by atoms with E-state index in [1.807, 2.05) is 35.6 Å². The Balaban J connectivity index is 2.01. The Kier molecular flexibility index (Phi) is 3.46. The van der Waals surface area contributed by atoms with Gasteiger partial charge in [0.1, 0.15) is 0 Å². The van der Waals surface area contributed by atoms with Crippen molar-refractivity contribution in [2.75, 3.05) is 5.32 Å². The van der Waals surface area contributed by atoms with Gasteiger partial charge >= 0.3 is 0 Å². The molecule has 0 saturated heterocycles. The summed E-state index contributed by atoms with van der Waals surface area (Å²) in [4.78, 5) is 0. The first-order valence-corrected chi connectivity index (χ1v) is 5.95. The summed E-state index contributed by atoms with van der Waals surface area (Å²) in [5.41, 5.74) is 3.30.